The normalized spacial score (nSPS) is 13.4. The Morgan fingerprint density at radius 3 is 2.54 bits per heavy atom. The first-order valence-corrected chi connectivity index (χ1v) is 12.2. The van der Waals surface area contributed by atoms with E-state index < -0.39 is 24.2 Å². The molecule has 0 aliphatic carbocycles. The van der Waals surface area contributed by atoms with Crippen LogP contribution in [0.4, 0.5) is 14.6 Å². The number of aromatic nitrogens is 3. The maximum absolute atomic E-state index is 14.1. The number of nitrogen functional groups attached to an aromatic ring is 1. The highest BCUT2D eigenvalue weighted by Crippen LogP contribution is 2.39. The summed E-state index contributed by atoms with van der Waals surface area (Å²) in [4.78, 5) is 24.3. The Balaban J connectivity index is 2.17. The molecule has 0 radical (unpaired) electrons. The minimum atomic E-state index is -0.697. The van der Waals surface area contributed by atoms with Gasteiger partial charge in [-0.25, -0.2) is 18.7 Å². The molecule has 0 aliphatic heterocycles. The molecule has 2 heterocycles. The van der Waals surface area contributed by atoms with Crippen molar-refractivity contribution in [3.8, 4) is 11.3 Å². The summed E-state index contributed by atoms with van der Waals surface area (Å²) in [5, 5.41) is 0. The number of halogens is 2. The Morgan fingerprint density at radius 1 is 1.19 bits per heavy atom. The second-order valence-corrected chi connectivity index (χ2v) is 10.2. The predicted octanol–water partition coefficient (Wildman–Crippen LogP) is 3.96. The maximum atomic E-state index is 14.1. The molecule has 10 heteroatoms. The number of anilines is 1. The summed E-state index contributed by atoms with van der Waals surface area (Å²) in [6, 6.07) is 10.3. The van der Waals surface area contributed by atoms with Crippen LogP contribution in [0.25, 0.3) is 11.3 Å². The molecule has 1 amide bonds. The summed E-state index contributed by atoms with van der Waals surface area (Å²) in [7, 11) is 1.45. The zero-order valence-electron chi connectivity index (χ0n) is 21.8. The van der Waals surface area contributed by atoms with E-state index in [9.17, 15) is 13.6 Å². The number of pyridine rings is 1. The summed E-state index contributed by atoms with van der Waals surface area (Å²) >= 11 is 0. The van der Waals surface area contributed by atoms with Crippen LogP contribution in [0.5, 0.6) is 0 Å². The summed E-state index contributed by atoms with van der Waals surface area (Å²) < 4.78 is 34.3. The van der Waals surface area contributed by atoms with Gasteiger partial charge in [-0.1, -0.05) is 39.0 Å². The molecule has 4 N–H and O–H groups in total. The van der Waals surface area contributed by atoms with Crippen molar-refractivity contribution in [1.82, 2.24) is 19.4 Å². The lowest BCUT2D eigenvalue weighted by Crippen LogP contribution is -2.45. The molecule has 0 spiro atoms. The van der Waals surface area contributed by atoms with Crippen molar-refractivity contribution in [2.24, 2.45) is 11.1 Å². The monoisotopic (exact) mass is 514 g/mol. The fourth-order valence-electron chi connectivity index (χ4n) is 4.30. The number of alkyl halides is 1. The van der Waals surface area contributed by atoms with Gasteiger partial charge in [0.15, 0.2) is 0 Å². The average molecular weight is 515 g/mol. The van der Waals surface area contributed by atoms with E-state index in [1.165, 1.54) is 19.2 Å². The molecule has 0 aliphatic rings. The van der Waals surface area contributed by atoms with Crippen LogP contribution in [0.3, 0.4) is 0 Å². The van der Waals surface area contributed by atoms with Crippen molar-refractivity contribution >= 4 is 11.7 Å². The van der Waals surface area contributed by atoms with Crippen LogP contribution in [0.15, 0.2) is 48.7 Å². The summed E-state index contributed by atoms with van der Waals surface area (Å²) in [5.41, 5.74) is 13.1. The molecule has 2 aromatic heterocycles. The Hall–Kier alpha value is -3.37. The first-order chi connectivity index (χ1) is 17.5. The van der Waals surface area contributed by atoms with Gasteiger partial charge in [0.1, 0.15) is 30.7 Å². The number of hydrogen-bond acceptors (Lipinski definition) is 6. The number of imidazole rings is 1. The van der Waals surface area contributed by atoms with Gasteiger partial charge < -0.3 is 25.7 Å². The van der Waals surface area contributed by atoms with Crippen LogP contribution in [0.2, 0.25) is 0 Å². The van der Waals surface area contributed by atoms with E-state index in [0.717, 1.165) is 0 Å². The fourth-order valence-corrected chi connectivity index (χ4v) is 4.30. The predicted molar refractivity (Wildman–Crippen MR) is 140 cm³/mol. The second-order valence-electron chi connectivity index (χ2n) is 10.2. The van der Waals surface area contributed by atoms with E-state index in [-0.39, 0.29) is 31.3 Å². The quantitative estimate of drug-likeness (QED) is 0.401. The molecule has 0 saturated heterocycles. The fraction of sp³-hybridized carbons (Fsp3) is 0.444. The van der Waals surface area contributed by atoms with Crippen LogP contribution >= 0.6 is 0 Å². The van der Waals surface area contributed by atoms with Gasteiger partial charge in [0.25, 0.3) is 0 Å². The highest BCUT2D eigenvalue weighted by Gasteiger charge is 2.38. The highest BCUT2D eigenvalue weighted by atomic mass is 19.1. The van der Waals surface area contributed by atoms with Gasteiger partial charge in [-0.15, -0.1) is 0 Å². The number of hydrogen-bond donors (Lipinski definition) is 2. The largest absolute Gasteiger partial charge is 0.384 e. The summed E-state index contributed by atoms with van der Waals surface area (Å²) in [6.45, 7) is 5.70. The van der Waals surface area contributed by atoms with Gasteiger partial charge in [0, 0.05) is 31.5 Å². The number of carbonyl (C=O) groups excluding carboxylic acids is 1. The lowest BCUT2D eigenvalue weighted by Gasteiger charge is -2.40. The third kappa shape index (κ3) is 7.33. The van der Waals surface area contributed by atoms with E-state index in [0.29, 0.717) is 35.1 Å². The number of nitrogens with two attached hydrogens (primary N) is 2. The van der Waals surface area contributed by atoms with Gasteiger partial charge in [-0.2, -0.15) is 0 Å². The Kier molecular flexibility index (Phi) is 9.34. The lowest BCUT2D eigenvalue weighted by molar-refractivity contribution is -0.140. The second kappa shape index (κ2) is 12.2. The van der Waals surface area contributed by atoms with Crippen LogP contribution in [-0.4, -0.2) is 58.3 Å². The zero-order chi connectivity index (χ0) is 27.2. The van der Waals surface area contributed by atoms with Crippen molar-refractivity contribution in [3.05, 3.63) is 66.0 Å². The zero-order valence-corrected chi connectivity index (χ0v) is 21.8. The van der Waals surface area contributed by atoms with E-state index in [4.69, 9.17) is 21.2 Å². The molecule has 8 nitrogen and oxygen atoms in total. The number of carbonyl (C=O) groups is 1. The molecule has 2 atom stereocenters. The number of nitrogens with zero attached hydrogens (tertiary/aromatic N) is 4. The number of ether oxygens (including phenoxy) is 1. The summed E-state index contributed by atoms with van der Waals surface area (Å²) in [6.07, 6.45) is 2.09. The number of benzene rings is 1. The smallest absolute Gasteiger partial charge is 0.249 e. The van der Waals surface area contributed by atoms with Gasteiger partial charge >= 0.3 is 0 Å². The van der Waals surface area contributed by atoms with Crippen LogP contribution in [0.1, 0.15) is 44.8 Å². The van der Waals surface area contributed by atoms with Gasteiger partial charge in [0.2, 0.25) is 5.91 Å². The molecular weight excluding hydrogens is 478 g/mol. The first kappa shape index (κ1) is 28.2. The van der Waals surface area contributed by atoms with Gasteiger partial charge in [-0.3, -0.25) is 4.79 Å². The Morgan fingerprint density at radius 2 is 1.92 bits per heavy atom. The molecule has 200 valence electrons. The highest BCUT2D eigenvalue weighted by molar-refractivity contribution is 5.78. The topological polar surface area (TPSA) is 112 Å². The molecule has 1 aromatic carbocycles. The van der Waals surface area contributed by atoms with Crippen molar-refractivity contribution in [2.45, 2.75) is 45.8 Å². The van der Waals surface area contributed by atoms with Crippen molar-refractivity contribution in [3.63, 3.8) is 0 Å². The van der Waals surface area contributed by atoms with E-state index in [1.54, 1.807) is 23.1 Å². The number of rotatable bonds is 11. The third-order valence-electron chi connectivity index (χ3n) is 5.99. The molecule has 1 unspecified atom stereocenters. The Labute approximate surface area is 216 Å². The van der Waals surface area contributed by atoms with Crippen LogP contribution in [0, 0.1) is 11.2 Å². The summed E-state index contributed by atoms with van der Waals surface area (Å²) in [5.74, 6) is 0.316. The van der Waals surface area contributed by atoms with Crippen molar-refractivity contribution in [1.29, 1.82) is 0 Å². The minimum Gasteiger partial charge on any atom is -0.384 e. The third-order valence-corrected chi connectivity index (χ3v) is 5.99. The van der Waals surface area contributed by atoms with Crippen molar-refractivity contribution in [2.75, 3.05) is 32.7 Å². The first-order valence-electron chi connectivity index (χ1n) is 12.2. The molecule has 3 rings (SSSR count). The van der Waals surface area contributed by atoms with Crippen LogP contribution in [-0.2, 0) is 16.1 Å². The molecule has 0 fully saturated rings. The standard InChI is InChI=1S/C27H36F2N6O2/c1-27(2,3)25(35(24(36)17-37-4)12-11-20(30)14-28)26-33-22(18-7-5-8-19(29)13-18)16-34(26)15-21-9-6-10-23(31)32-21/h5-10,13,16,20,25H,11-12,14-15,17,30H2,1-4H3,(H2,31,32)/t20?,25-/m0/s1. The molecule has 37 heavy (non-hydrogen) atoms. The van der Waals surface area contributed by atoms with Crippen molar-refractivity contribution < 1.29 is 18.3 Å². The molecule has 0 saturated carbocycles. The molecule has 3 aromatic rings. The lowest BCUT2D eigenvalue weighted by atomic mass is 9.84. The van der Waals surface area contributed by atoms with Crippen LogP contribution < -0.4 is 11.5 Å². The average Bonchev–Trinajstić information content (AvgIpc) is 3.23. The van der Waals surface area contributed by atoms with E-state index >= 15 is 0 Å². The maximum Gasteiger partial charge on any atom is 0.249 e. The minimum absolute atomic E-state index is 0.147. The Bertz CT molecular complexity index is 1190. The van der Waals surface area contributed by atoms with Gasteiger partial charge in [0.05, 0.1) is 24.0 Å². The van der Waals surface area contributed by atoms with Gasteiger partial charge in [-0.05, 0) is 36.1 Å². The molecule has 0 bridgehead atoms. The van der Waals surface area contributed by atoms with E-state index in [2.05, 4.69) is 4.98 Å². The SMILES string of the molecule is COCC(=O)N(CCC(N)CF)[C@@H](c1nc(-c2cccc(F)c2)cn1Cc1cccc(N)n1)C(C)(C)C. The number of methoxy groups -OCH3 is 1. The molecular formula is C27H36F2N6O2. The van der Waals surface area contributed by atoms with E-state index in [1.807, 2.05) is 43.7 Å². The number of amides is 1.